The number of unbranched alkanes of at least 4 members (excludes halogenated alkanes) is 3. The molecule has 0 aliphatic carbocycles. The van der Waals surface area contributed by atoms with E-state index in [-0.39, 0.29) is 11.9 Å². The number of nitriles is 1. The predicted octanol–water partition coefficient (Wildman–Crippen LogP) is 2.84. The first-order valence-electron chi connectivity index (χ1n) is 6.38. The molecule has 0 aromatic rings. The monoisotopic (exact) mass is 253 g/mol. The van der Waals surface area contributed by atoms with E-state index in [4.69, 9.17) is 14.7 Å². The Morgan fingerprint density at radius 1 is 1.28 bits per heavy atom. The maximum Gasteiger partial charge on any atom is 0.333 e. The van der Waals surface area contributed by atoms with Gasteiger partial charge in [0.1, 0.15) is 0 Å². The molecule has 0 N–H and O–H groups in total. The molecule has 0 heterocycles. The first-order chi connectivity index (χ1) is 8.57. The molecule has 0 aliphatic heterocycles. The second-order valence-electron chi connectivity index (χ2n) is 4.44. The van der Waals surface area contributed by atoms with E-state index in [2.05, 4.69) is 12.6 Å². The van der Waals surface area contributed by atoms with E-state index in [0.29, 0.717) is 25.4 Å². The molecule has 0 spiro atoms. The molecule has 4 nitrogen and oxygen atoms in total. The van der Waals surface area contributed by atoms with Crippen molar-refractivity contribution in [2.24, 2.45) is 5.92 Å². The van der Waals surface area contributed by atoms with Crippen LogP contribution in [0.2, 0.25) is 0 Å². The second-order valence-corrected chi connectivity index (χ2v) is 4.44. The Morgan fingerprint density at radius 3 is 2.44 bits per heavy atom. The molecule has 0 fully saturated rings. The van der Waals surface area contributed by atoms with E-state index < -0.39 is 0 Å². The zero-order chi connectivity index (χ0) is 13.8. The van der Waals surface area contributed by atoms with Gasteiger partial charge >= 0.3 is 5.97 Å². The summed E-state index contributed by atoms with van der Waals surface area (Å²) in [6.07, 6.45) is 3.91. The largest absolute Gasteiger partial charge is 0.462 e. The van der Waals surface area contributed by atoms with E-state index in [1.165, 1.54) is 0 Å². The molecule has 4 heteroatoms. The molecule has 0 saturated heterocycles. The fourth-order valence-electron chi connectivity index (χ4n) is 1.25. The smallest absolute Gasteiger partial charge is 0.333 e. The molecule has 0 aliphatic rings. The summed E-state index contributed by atoms with van der Waals surface area (Å²) in [5, 5.41) is 8.54. The van der Waals surface area contributed by atoms with E-state index in [9.17, 15) is 4.79 Å². The number of rotatable bonds is 10. The van der Waals surface area contributed by atoms with Crippen molar-refractivity contribution in [1.82, 2.24) is 0 Å². The molecule has 0 radical (unpaired) electrons. The molecular weight excluding hydrogens is 230 g/mol. The summed E-state index contributed by atoms with van der Waals surface area (Å²) in [7, 11) is 0. The third-order valence-electron chi connectivity index (χ3n) is 2.35. The number of hydrogen-bond donors (Lipinski definition) is 0. The summed E-state index contributed by atoms with van der Waals surface area (Å²) in [5.41, 5.74) is 0.440. The van der Waals surface area contributed by atoms with Gasteiger partial charge in [0.05, 0.1) is 25.2 Å². The second kappa shape index (κ2) is 10.8. The van der Waals surface area contributed by atoms with E-state index >= 15 is 0 Å². The standard InChI is InChI=1S/C14H23NO3/c1-12(2)14(16)18-9-7-5-4-6-8-17-11-13(3)10-15/h13H,1,4-9,11H2,2-3H3. The Balaban J connectivity index is 3.20. The molecule has 0 amide bonds. The number of carbonyl (C=O) groups is 1. The third kappa shape index (κ3) is 9.86. The molecule has 0 aromatic heterocycles. The first-order valence-corrected chi connectivity index (χ1v) is 6.38. The van der Waals surface area contributed by atoms with Gasteiger partial charge in [0, 0.05) is 12.2 Å². The van der Waals surface area contributed by atoms with Crippen molar-refractivity contribution in [3.8, 4) is 6.07 Å². The minimum Gasteiger partial charge on any atom is -0.462 e. The maximum absolute atomic E-state index is 11.0. The Hall–Kier alpha value is -1.34. The van der Waals surface area contributed by atoms with Crippen LogP contribution in [0.5, 0.6) is 0 Å². The number of ether oxygens (including phenoxy) is 2. The lowest BCUT2D eigenvalue weighted by Gasteiger charge is -2.06. The van der Waals surface area contributed by atoms with Gasteiger partial charge in [0.15, 0.2) is 0 Å². The topological polar surface area (TPSA) is 59.3 Å². The average Bonchev–Trinajstić information content (AvgIpc) is 2.35. The highest BCUT2D eigenvalue weighted by molar-refractivity contribution is 5.86. The average molecular weight is 253 g/mol. The van der Waals surface area contributed by atoms with Gasteiger partial charge in [-0.1, -0.05) is 13.0 Å². The number of hydrogen-bond acceptors (Lipinski definition) is 4. The van der Waals surface area contributed by atoms with Gasteiger partial charge < -0.3 is 9.47 Å². The summed E-state index contributed by atoms with van der Waals surface area (Å²) < 4.78 is 10.3. The van der Waals surface area contributed by atoms with Crippen molar-refractivity contribution in [3.05, 3.63) is 12.2 Å². The number of carbonyl (C=O) groups excluding carboxylic acids is 1. The summed E-state index contributed by atoms with van der Waals surface area (Å²) in [6.45, 7) is 8.65. The molecule has 0 saturated carbocycles. The Bertz CT molecular complexity index is 294. The van der Waals surface area contributed by atoms with Crippen LogP contribution < -0.4 is 0 Å². The van der Waals surface area contributed by atoms with Gasteiger partial charge in [-0.15, -0.1) is 0 Å². The fraction of sp³-hybridized carbons (Fsp3) is 0.714. The molecule has 0 rings (SSSR count). The van der Waals surface area contributed by atoms with Gasteiger partial charge in [0.25, 0.3) is 0 Å². The zero-order valence-corrected chi connectivity index (χ0v) is 11.4. The lowest BCUT2D eigenvalue weighted by molar-refractivity contribution is -0.139. The predicted molar refractivity (Wildman–Crippen MR) is 69.8 cm³/mol. The molecular formula is C14H23NO3. The normalized spacial score (nSPS) is 11.6. The highest BCUT2D eigenvalue weighted by Gasteiger charge is 2.02. The third-order valence-corrected chi connectivity index (χ3v) is 2.35. The van der Waals surface area contributed by atoms with Gasteiger partial charge in [-0.3, -0.25) is 0 Å². The highest BCUT2D eigenvalue weighted by atomic mass is 16.5. The lowest BCUT2D eigenvalue weighted by atomic mass is 10.2. The minimum atomic E-state index is -0.316. The molecule has 18 heavy (non-hydrogen) atoms. The van der Waals surface area contributed by atoms with Crippen LogP contribution in [0.25, 0.3) is 0 Å². The zero-order valence-electron chi connectivity index (χ0n) is 11.4. The van der Waals surface area contributed by atoms with Crippen molar-refractivity contribution in [2.45, 2.75) is 39.5 Å². The van der Waals surface area contributed by atoms with E-state index in [1.54, 1.807) is 6.92 Å². The van der Waals surface area contributed by atoms with Gasteiger partial charge in [0.2, 0.25) is 0 Å². The van der Waals surface area contributed by atoms with Crippen LogP contribution in [0.1, 0.15) is 39.5 Å². The number of nitrogens with zero attached hydrogens (tertiary/aromatic N) is 1. The summed E-state index contributed by atoms with van der Waals surface area (Å²) in [4.78, 5) is 11.0. The van der Waals surface area contributed by atoms with Gasteiger partial charge in [-0.05, 0) is 33.1 Å². The van der Waals surface area contributed by atoms with Crippen molar-refractivity contribution in [3.63, 3.8) is 0 Å². The molecule has 1 atom stereocenters. The minimum absolute atomic E-state index is 0.0356. The van der Waals surface area contributed by atoms with Crippen LogP contribution in [0, 0.1) is 17.2 Å². The van der Waals surface area contributed by atoms with E-state index in [1.807, 2.05) is 6.92 Å². The summed E-state index contributed by atoms with van der Waals surface area (Å²) in [5.74, 6) is -0.352. The number of esters is 1. The first kappa shape index (κ1) is 16.7. The van der Waals surface area contributed by atoms with Crippen LogP contribution in [-0.2, 0) is 14.3 Å². The van der Waals surface area contributed by atoms with Crippen molar-refractivity contribution in [2.75, 3.05) is 19.8 Å². The van der Waals surface area contributed by atoms with Crippen molar-refractivity contribution < 1.29 is 14.3 Å². The lowest BCUT2D eigenvalue weighted by Crippen LogP contribution is -2.06. The molecule has 0 bridgehead atoms. The van der Waals surface area contributed by atoms with Crippen LogP contribution in [0.3, 0.4) is 0 Å². The van der Waals surface area contributed by atoms with Crippen molar-refractivity contribution >= 4 is 5.97 Å². The molecule has 102 valence electrons. The summed E-state index contributed by atoms with van der Waals surface area (Å²) in [6, 6.07) is 2.12. The van der Waals surface area contributed by atoms with E-state index in [0.717, 1.165) is 25.7 Å². The quantitative estimate of drug-likeness (QED) is 0.341. The fourth-order valence-corrected chi connectivity index (χ4v) is 1.25. The van der Waals surface area contributed by atoms with Crippen LogP contribution >= 0.6 is 0 Å². The highest BCUT2D eigenvalue weighted by Crippen LogP contribution is 2.03. The Labute approximate surface area is 110 Å². The van der Waals surface area contributed by atoms with Crippen LogP contribution in [0.15, 0.2) is 12.2 Å². The maximum atomic E-state index is 11.0. The van der Waals surface area contributed by atoms with Gasteiger partial charge in [-0.25, -0.2) is 4.79 Å². The Morgan fingerprint density at radius 2 is 1.89 bits per heavy atom. The van der Waals surface area contributed by atoms with Gasteiger partial charge in [-0.2, -0.15) is 5.26 Å². The van der Waals surface area contributed by atoms with Crippen molar-refractivity contribution in [1.29, 1.82) is 5.26 Å². The summed E-state index contributed by atoms with van der Waals surface area (Å²) >= 11 is 0. The van der Waals surface area contributed by atoms with Crippen LogP contribution in [-0.4, -0.2) is 25.8 Å². The van der Waals surface area contributed by atoms with Crippen LogP contribution in [0.4, 0.5) is 0 Å². The molecule has 1 unspecified atom stereocenters. The molecule has 0 aromatic carbocycles. The Kier molecular flexibility index (Phi) is 9.99. The SMILES string of the molecule is C=C(C)C(=O)OCCCCCCOCC(C)C#N.